The molecule has 0 N–H and O–H groups in total. The van der Waals surface area contributed by atoms with Crippen molar-refractivity contribution < 1.29 is 19.0 Å². The molecule has 0 radical (unpaired) electrons. The Bertz CT molecular complexity index is 651. The molecular weight excluding hydrogens is 282 g/mol. The molecule has 114 valence electrons. The molecule has 2 aromatic carbocycles. The van der Waals surface area contributed by atoms with Gasteiger partial charge in [-0.3, -0.25) is 4.90 Å². The Labute approximate surface area is 129 Å². The van der Waals surface area contributed by atoms with Crippen molar-refractivity contribution in [3.05, 3.63) is 54.1 Å². The number of cyclic esters (lactones) is 1. The molecule has 1 fully saturated rings. The van der Waals surface area contributed by atoms with Crippen LogP contribution in [0.5, 0.6) is 11.5 Å². The zero-order chi connectivity index (χ0) is 15.5. The largest absolute Gasteiger partial charge is 0.497 e. The minimum atomic E-state index is -0.342. The number of ether oxygens (including phenoxy) is 3. The maximum absolute atomic E-state index is 12.1. The fourth-order valence-electron chi connectivity index (χ4n) is 2.43. The smallest absolute Gasteiger partial charge is 0.415 e. The average Bonchev–Trinajstić information content (AvgIpc) is 2.97. The fraction of sp³-hybridized carbons (Fsp3) is 0.235. The Morgan fingerprint density at radius 1 is 0.955 bits per heavy atom. The molecule has 3 rings (SSSR count). The fourth-order valence-corrected chi connectivity index (χ4v) is 2.43. The normalized spacial score (nSPS) is 17.3. The van der Waals surface area contributed by atoms with Crippen LogP contribution in [0.4, 0.5) is 10.5 Å². The molecule has 2 aromatic rings. The zero-order valence-electron chi connectivity index (χ0n) is 12.5. The van der Waals surface area contributed by atoms with E-state index in [0.29, 0.717) is 6.54 Å². The molecule has 1 unspecified atom stereocenters. The summed E-state index contributed by atoms with van der Waals surface area (Å²) in [6, 6.07) is 14.9. The highest BCUT2D eigenvalue weighted by Crippen LogP contribution is 2.31. The first-order valence-corrected chi connectivity index (χ1v) is 6.97. The first kappa shape index (κ1) is 14.3. The van der Waals surface area contributed by atoms with Crippen molar-refractivity contribution >= 4 is 11.8 Å². The molecular formula is C17H17NO4. The molecule has 1 aliphatic heterocycles. The van der Waals surface area contributed by atoms with Crippen molar-refractivity contribution in [1.82, 2.24) is 0 Å². The summed E-state index contributed by atoms with van der Waals surface area (Å²) in [7, 11) is 3.23. The molecule has 1 atom stereocenters. The van der Waals surface area contributed by atoms with Gasteiger partial charge in [0.25, 0.3) is 0 Å². The minimum Gasteiger partial charge on any atom is -0.497 e. The van der Waals surface area contributed by atoms with Crippen LogP contribution >= 0.6 is 0 Å². The molecule has 1 heterocycles. The van der Waals surface area contributed by atoms with Gasteiger partial charge in [0.1, 0.15) is 17.6 Å². The topological polar surface area (TPSA) is 48.0 Å². The van der Waals surface area contributed by atoms with E-state index in [2.05, 4.69) is 0 Å². The molecule has 0 aromatic heterocycles. The van der Waals surface area contributed by atoms with Crippen LogP contribution in [-0.2, 0) is 4.74 Å². The van der Waals surface area contributed by atoms with Crippen LogP contribution in [0.1, 0.15) is 11.7 Å². The van der Waals surface area contributed by atoms with E-state index in [9.17, 15) is 4.79 Å². The van der Waals surface area contributed by atoms with E-state index in [4.69, 9.17) is 14.2 Å². The van der Waals surface area contributed by atoms with Crippen molar-refractivity contribution in [3.63, 3.8) is 0 Å². The highest BCUT2D eigenvalue weighted by molar-refractivity contribution is 5.89. The SMILES string of the molecule is COc1ccc(C2CN(c3ccc(OC)cc3)C(=O)O2)cc1. The lowest BCUT2D eigenvalue weighted by Gasteiger charge is -2.13. The Morgan fingerprint density at radius 3 is 2.05 bits per heavy atom. The highest BCUT2D eigenvalue weighted by Gasteiger charge is 2.33. The Balaban J connectivity index is 1.76. The maximum atomic E-state index is 12.1. The molecule has 0 spiro atoms. The minimum absolute atomic E-state index is 0.277. The Hall–Kier alpha value is -2.69. The van der Waals surface area contributed by atoms with Crippen LogP contribution in [0.2, 0.25) is 0 Å². The van der Waals surface area contributed by atoms with E-state index in [0.717, 1.165) is 22.7 Å². The summed E-state index contributed by atoms with van der Waals surface area (Å²) in [5.74, 6) is 1.53. The summed E-state index contributed by atoms with van der Waals surface area (Å²) in [5, 5.41) is 0. The summed E-state index contributed by atoms with van der Waals surface area (Å²) in [5.41, 5.74) is 1.74. The van der Waals surface area contributed by atoms with Crippen molar-refractivity contribution in [2.45, 2.75) is 6.10 Å². The van der Waals surface area contributed by atoms with Crippen molar-refractivity contribution in [3.8, 4) is 11.5 Å². The number of benzene rings is 2. The quantitative estimate of drug-likeness (QED) is 0.868. The lowest BCUT2D eigenvalue weighted by atomic mass is 10.1. The molecule has 5 nitrogen and oxygen atoms in total. The molecule has 0 saturated carbocycles. The molecule has 0 aliphatic carbocycles. The summed E-state index contributed by atoms with van der Waals surface area (Å²) < 4.78 is 15.7. The molecule has 1 aliphatic rings. The second-order valence-electron chi connectivity index (χ2n) is 4.95. The van der Waals surface area contributed by atoms with Gasteiger partial charge >= 0.3 is 6.09 Å². The Morgan fingerprint density at radius 2 is 1.50 bits per heavy atom. The van der Waals surface area contributed by atoms with Gasteiger partial charge in [0.05, 0.1) is 20.8 Å². The lowest BCUT2D eigenvalue weighted by Crippen LogP contribution is -2.23. The van der Waals surface area contributed by atoms with Gasteiger partial charge in [-0.25, -0.2) is 4.79 Å². The highest BCUT2D eigenvalue weighted by atomic mass is 16.6. The van der Waals surface area contributed by atoms with Gasteiger partial charge in [0.15, 0.2) is 0 Å². The van der Waals surface area contributed by atoms with Crippen molar-refractivity contribution in [2.24, 2.45) is 0 Å². The number of carbonyl (C=O) groups excluding carboxylic acids is 1. The van der Waals surface area contributed by atoms with E-state index in [1.54, 1.807) is 19.1 Å². The summed E-state index contributed by atoms with van der Waals surface area (Å²) in [6.45, 7) is 0.484. The van der Waals surface area contributed by atoms with Gasteiger partial charge in [-0.05, 0) is 42.0 Å². The third kappa shape index (κ3) is 2.70. The van der Waals surface area contributed by atoms with Crippen LogP contribution in [-0.4, -0.2) is 26.9 Å². The first-order valence-electron chi connectivity index (χ1n) is 6.97. The number of amides is 1. The van der Waals surface area contributed by atoms with Gasteiger partial charge in [-0.2, -0.15) is 0 Å². The maximum Gasteiger partial charge on any atom is 0.415 e. The molecule has 1 saturated heterocycles. The first-order chi connectivity index (χ1) is 10.7. The van der Waals surface area contributed by atoms with E-state index in [-0.39, 0.29) is 12.2 Å². The molecule has 1 amide bonds. The van der Waals surface area contributed by atoms with Gasteiger partial charge < -0.3 is 14.2 Å². The standard InChI is InChI=1S/C17H17NO4/c1-20-14-7-3-12(4-8-14)16-11-18(17(19)22-16)13-5-9-15(21-2)10-6-13/h3-10,16H,11H2,1-2H3. The van der Waals surface area contributed by atoms with Crippen LogP contribution in [0.25, 0.3) is 0 Å². The van der Waals surface area contributed by atoms with Crippen LogP contribution in [0.3, 0.4) is 0 Å². The van der Waals surface area contributed by atoms with Crippen LogP contribution in [0.15, 0.2) is 48.5 Å². The van der Waals surface area contributed by atoms with E-state index < -0.39 is 0 Å². The number of hydrogen-bond acceptors (Lipinski definition) is 4. The molecule has 22 heavy (non-hydrogen) atoms. The number of hydrogen-bond donors (Lipinski definition) is 0. The van der Waals surface area contributed by atoms with Gasteiger partial charge in [0.2, 0.25) is 0 Å². The van der Waals surface area contributed by atoms with Gasteiger partial charge in [0, 0.05) is 5.69 Å². The van der Waals surface area contributed by atoms with E-state index in [1.807, 2.05) is 48.5 Å². The van der Waals surface area contributed by atoms with Crippen LogP contribution in [0, 0.1) is 0 Å². The van der Waals surface area contributed by atoms with Gasteiger partial charge in [-0.1, -0.05) is 12.1 Å². The van der Waals surface area contributed by atoms with E-state index in [1.165, 1.54) is 0 Å². The monoisotopic (exact) mass is 299 g/mol. The third-order valence-corrected chi connectivity index (χ3v) is 3.68. The van der Waals surface area contributed by atoms with Crippen molar-refractivity contribution in [2.75, 3.05) is 25.7 Å². The number of anilines is 1. The van der Waals surface area contributed by atoms with Gasteiger partial charge in [-0.15, -0.1) is 0 Å². The third-order valence-electron chi connectivity index (χ3n) is 3.68. The number of nitrogens with zero attached hydrogens (tertiary/aromatic N) is 1. The van der Waals surface area contributed by atoms with Crippen LogP contribution < -0.4 is 14.4 Å². The summed E-state index contributed by atoms with van der Waals surface area (Å²) >= 11 is 0. The summed E-state index contributed by atoms with van der Waals surface area (Å²) in [4.78, 5) is 13.7. The zero-order valence-corrected chi connectivity index (χ0v) is 12.5. The predicted molar refractivity (Wildman–Crippen MR) is 82.6 cm³/mol. The predicted octanol–water partition coefficient (Wildman–Crippen LogP) is 3.40. The number of rotatable bonds is 4. The number of methoxy groups -OCH3 is 2. The Kier molecular flexibility index (Phi) is 3.87. The second-order valence-corrected chi connectivity index (χ2v) is 4.95. The van der Waals surface area contributed by atoms with E-state index >= 15 is 0 Å². The second kappa shape index (κ2) is 5.97. The molecule has 0 bridgehead atoms. The number of carbonyl (C=O) groups is 1. The average molecular weight is 299 g/mol. The molecule has 5 heteroatoms. The summed E-state index contributed by atoms with van der Waals surface area (Å²) in [6.07, 6.45) is -0.619. The lowest BCUT2D eigenvalue weighted by molar-refractivity contribution is 0.142. The van der Waals surface area contributed by atoms with Crippen molar-refractivity contribution in [1.29, 1.82) is 0 Å².